The summed E-state index contributed by atoms with van der Waals surface area (Å²) < 4.78 is 4.87. The fourth-order valence-electron chi connectivity index (χ4n) is 8.41. The molecule has 2 nitrogen and oxygen atoms in total. The maximum atomic E-state index is 2.44. The molecule has 0 saturated heterocycles. The normalized spacial score (nSPS) is 12.0. The van der Waals surface area contributed by atoms with Crippen molar-refractivity contribution in [3.05, 3.63) is 182 Å². The maximum Gasteiger partial charge on any atom is 0.0547 e. The molecule has 0 unspecified atom stereocenters. The number of benzene rings is 9. The van der Waals surface area contributed by atoms with Gasteiger partial charge in [-0.2, -0.15) is 0 Å². The van der Waals surface area contributed by atoms with Crippen LogP contribution in [0.3, 0.4) is 0 Å². The number of hydrogen-bond acceptors (Lipinski definition) is 0. The second kappa shape index (κ2) is 10.4. The number of rotatable bonds is 3. The fraction of sp³-hybridized carbons (Fsp3) is 0. The second-order valence-corrected chi connectivity index (χ2v) is 13.4. The molecule has 0 N–H and O–H groups in total. The Balaban J connectivity index is 1.20. The Kier molecular flexibility index (Phi) is 5.70. The number of para-hydroxylation sites is 1. The Hall–Kier alpha value is -6.64. The second-order valence-electron chi connectivity index (χ2n) is 13.4. The van der Waals surface area contributed by atoms with E-state index in [0.29, 0.717) is 0 Å². The minimum absolute atomic E-state index is 1.17. The molecule has 0 bridgehead atoms. The lowest BCUT2D eigenvalue weighted by Crippen LogP contribution is -1.94. The summed E-state index contributed by atoms with van der Waals surface area (Å²) in [6.07, 6.45) is 0. The first kappa shape index (κ1) is 27.3. The largest absolute Gasteiger partial charge is 0.309 e. The van der Waals surface area contributed by atoms with Crippen LogP contribution < -0.4 is 0 Å². The van der Waals surface area contributed by atoms with E-state index in [1.807, 2.05) is 0 Å². The average molecular weight is 635 g/mol. The van der Waals surface area contributed by atoms with Crippen LogP contribution in [0.1, 0.15) is 0 Å². The van der Waals surface area contributed by atoms with Crippen molar-refractivity contribution in [2.75, 3.05) is 0 Å². The van der Waals surface area contributed by atoms with Gasteiger partial charge in [-0.05, 0) is 98.0 Å². The van der Waals surface area contributed by atoms with Crippen molar-refractivity contribution in [3.63, 3.8) is 0 Å². The molecule has 0 aliphatic carbocycles. The monoisotopic (exact) mass is 634 g/mol. The van der Waals surface area contributed by atoms with Crippen molar-refractivity contribution in [2.24, 2.45) is 0 Å². The molecule has 0 aliphatic heterocycles. The summed E-state index contributed by atoms with van der Waals surface area (Å²) in [5.41, 5.74) is 9.66. The first-order chi connectivity index (χ1) is 24.8. The standard InChI is InChI=1S/C48H30N2/c1-3-13-34-28-37(24-20-31(34)10-1)49-43-18-8-7-16-41(43)47-40(17-9-19-45(47)49)36-23-26-44-42(30-36)48-39-15-6-5-12-33(39)22-27-46(48)50(44)38-25-21-32-11-2-4-14-35(32)29-38/h1-30H. The van der Waals surface area contributed by atoms with Crippen LogP contribution >= 0.6 is 0 Å². The van der Waals surface area contributed by atoms with Crippen molar-refractivity contribution >= 4 is 75.9 Å². The summed E-state index contributed by atoms with van der Waals surface area (Å²) in [4.78, 5) is 0. The highest BCUT2D eigenvalue weighted by Crippen LogP contribution is 2.43. The lowest BCUT2D eigenvalue weighted by molar-refractivity contribution is 1.19. The van der Waals surface area contributed by atoms with Crippen LogP contribution in [0.25, 0.3) is 98.4 Å². The smallest absolute Gasteiger partial charge is 0.0547 e. The molecule has 11 rings (SSSR count). The molecule has 2 aromatic heterocycles. The van der Waals surface area contributed by atoms with E-state index in [-0.39, 0.29) is 0 Å². The first-order valence-electron chi connectivity index (χ1n) is 17.3. The van der Waals surface area contributed by atoms with Crippen molar-refractivity contribution < 1.29 is 0 Å². The third-order valence-corrected chi connectivity index (χ3v) is 10.6. The van der Waals surface area contributed by atoms with Crippen LogP contribution in [0.5, 0.6) is 0 Å². The molecule has 0 saturated carbocycles. The fourth-order valence-corrected chi connectivity index (χ4v) is 8.41. The van der Waals surface area contributed by atoms with Crippen LogP contribution in [0.15, 0.2) is 182 Å². The summed E-state index contributed by atoms with van der Waals surface area (Å²) in [5, 5.41) is 12.6. The molecule has 232 valence electrons. The predicted octanol–water partition coefficient (Wildman–Crippen LogP) is 13.0. The topological polar surface area (TPSA) is 9.86 Å². The third kappa shape index (κ3) is 3.90. The zero-order valence-electron chi connectivity index (χ0n) is 27.2. The molecule has 0 fully saturated rings. The van der Waals surface area contributed by atoms with Gasteiger partial charge in [-0.1, -0.05) is 127 Å². The molecule has 9 aromatic carbocycles. The summed E-state index contributed by atoms with van der Waals surface area (Å²) >= 11 is 0. The first-order valence-corrected chi connectivity index (χ1v) is 17.3. The zero-order valence-corrected chi connectivity index (χ0v) is 27.2. The highest BCUT2D eigenvalue weighted by molar-refractivity contribution is 6.23. The molecular formula is C48H30N2. The highest BCUT2D eigenvalue weighted by atomic mass is 15.0. The van der Waals surface area contributed by atoms with E-state index >= 15 is 0 Å². The van der Waals surface area contributed by atoms with Crippen molar-refractivity contribution in [3.8, 4) is 22.5 Å². The minimum Gasteiger partial charge on any atom is -0.309 e. The predicted molar refractivity (Wildman–Crippen MR) is 213 cm³/mol. The van der Waals surface area contributed by atoms with E-state index in [9.17, 15) is 0 Å². The summed E-state index contributed by atoms with van der Waals surface area (Å²) in [5.74, 6) is 0. The number of nitrogens with zero attached hydrogens (tertiary/aromatic N) is 2. The van der Waals surface area contributed by atoms with Crippen molar-refractivity contribution in [1.29, 1.82) is 0 Å². The van der Waals surface area contributed by atoms with Gasteiger partial charge in [-0.25, -0.2) is 0 Å². The average Bonchev–Trinajstić information content (AvgIpc) is 3.70. The van der Waals surface area contributed by atoms with Crippen molar-refractivity contribution in [1.82, 2.24) is 9.13 Å². The van der Waals surface area contributed by atoms with Crippen LogP contribution in [0.2, 0.25) is 0 Å². The molecule has 0 amide bonds. The van der Waals surface area contributed by atoms with Gasteiger partial charge < -0.3 is 9.13 Å². The van der Waals surface area contributed by atoms with Gasteiger partial charge in [-0.15, -0.1) is 0 Å². The van der Waals surface area contributed by atoms with E-state index < -0.39 is 0 Å². The summed E-state index contributed by atoms with van der Waals surface area (Å²) in [7, 11) is 0. The summed E-state index contributed by atoms with van der Waals surface area (Å²) in [6.45, 7) is 0. The van der Waals surface area contributed by atoms with Gasteiger partial charge in [0.05, 0.1) is 22.1 Å². The number of aromatic nitrogens is 2. The van der Waals surface area contributed by atoms with Gasteiger partial charge in [0.1, 0.15) is 0 Å². The molecule has 0 atom stereocenters. The molecule has 50 heavy (non-hydrogen) atoms. The van der Waals surface area contributed by atoms with Crippen LogP contribution in [-0.4, -0.2) is 9.13 Å². The van der Waals surface area contributed by atoms with E-state index in [1.165, 1.54) is 98.4 Å². The lowest BCUT2D eigenvalue weighted by atomic mass is 9.97. The van der Waals surface area contributed by atoms with E-state index in [1.54, 1.807) is 0 Å². The molecule has 2 heterocycles. The van der Waals surface area contributed by atoms with Gasteiger partial charge in [0.15, 0.2) is 0 Å². The molecule has 2 heteroatoms. The highest BCUT2D eigenvalue weighted by Gasteiger charge is 2.19. The number of fused-ring (bicyclic) bond motifs is 10. The van der Waals surface area contributed by atoms with E-state index in [2.05, 4.69) is 191 Å². The Bertz CT molecular complexity index is 3160. The van der Waals surface area contributed by atoms with Crippen LogP contribution in [0.4, 0.5) is 0 Å². The maximum absolute atomic E-state index is 2.44. The lowest BCUT2D eigenvalue weighted by Gasteiger charge is -2.11. The van der Waals surface area contributed by atoms with E-state index in [4.69, 9.17) is 0 Å². The van der Waals surface area contributed by atoms with Gasteiger partial charge in [-0.3, -0.25) is 0 Å². The molecule has 11 aromatic rings. The number of hydrogen-bond donors (Lipinski definition) is 0. The van der Waals surface area contributed by atoms with Crippen LogP contribution in [0, 0.1) is 0 Å². The Morgan fingerprint density at radius 1 is 0.280 bits per heavy atom. The summed E-state index contributed by atoms with van der Waals surface area (Å²) in [6, 6.07) is 66.9. The Morgan fingerprint density at radius 3 is 1.52 bits per heavy atom. The minimum atomic E-state index is 1.17. The van der Waals surface area contributed by atoms with E-state index in [0.717, 1.165) is 0 Å². The Morgan fingerprint density at radius 2 is 0.800 bits per heavy atom. The molecular weight excluding hydrogens is 605 g/mol. The molecule has 0 aliphatic rings. The van der Waals surface area contributed by atoms with Gasteiger partial charge in [0.2, 0.25) is 0 Å². The van der Waals surface area contributed by atoms with Crippen molar-refractivity contribution in [2.45, 2.75) is 0 Å². The SMILES string of the molecule is c1ccc2cc(-n3c4ccccc4c4c(-c5ccc6c(c5)c5c7ccccc7ccc5n6-c5ccc6ccccc6c5)cccc43)ccc2c1. The Labute approximate surface area is 288 Å². The van der Waals surface area contributed by atoms with Crippen LogP contribution in [-0.2, 0) is 0 Å². The zero-order chi connectivity index (χ0) is 32.8. The van der Waals surface area contributed by atoms with Gasteiger partial charge in [0, 0.05) is 32.9 Å². The third-order valence-electron chi connectivity index (χ3n) is 10.6. The quantitative estimate of drug-likeness (QED) is 0.183. The molecule has 0 radical (unpaired) electrons. The van der Waals surface area contributed by atoms with Gasteiger partial charge in [0.25, 0.3) is 0 Å². The molecule has 0 spiro atoms. The van der Waals surface area contributed by atoms with Gasteiger partial charge >= 0.3 is 0 Å².